The summed E-state index contributed by atoms with van der Waals surface area (Å²) in [5, 5.41) is 2.88. The number of carbonyl (C=O) groups excluding carboxylic acids is 1. The lowest BCUT2D eigenvalue weighted by Crippen LogP contribution is -2.18. The number of fused-ring (bicyclic) bond motifs is 2. The van der Waals surface area contributed by atoms with Crippen LogP contribution in [0.3, 0.4) is 0 Å². The first-order chi connectivity index (χ1) is 15.8. The predicted octanol–water partition coefficient (Wildman–Crippen LogP) is 3.66. The molecule has 4 N–H and O–H groups in total. The van der Waals surface area contributed by atoms with E-state index in [-0.39, 0.29) is 21.3 Å². The molecular formula is C21H14FN5O4S2. The fraction of sp³-hybridized carbons (Fsp3) is 0. The molecule has 0 atom stereocenters. The number of anilines is 2. The van der Waals surface area contributed by atoms with Crippen molar-refractivity contribution in [3.63, 3.8) is 0 Å². The fourth-order valence-corrected chi connectivity index (χ4v) is 5.26. The molecule has 5 rings (SSSR count). The molecule has 2 heterocycles. The number of H-pyrrole nitrogens is 2. The minimum atomic E-state index is -4.07. The number of halogens is 1. The first-order valence-corrected chi connectivity index (χ1v) is 11.8. The molecule has 33 heavy (non-hydrogen) atoms. The molecule has 0 spiro atoms. The summed E-state index contributed by atoms with van der Waals surface area (Å²) in [6.45, 7) is 0. The van der Waals surface area contributed by atoms with Crippen LogP contribution in [0.5, 0.6) is 0 Å². The number of hydrogen-bond acceptors (Lipinski definition) is 6. The van der Waals surface area contributed by atoms with Gasteiger partial charge >= 0.3 is 5.69 Å². The predicted molar refractivity (Wildman–Crippen MR) is 124 cm³/mol. The second-order valence-electron chi connectivity index (χ2n) is 7.02. The van der Waals surface area contributed by atoms with Crippen LogP contribution in [0.2, 0.25) is 0 Å². The standard InChI is InChI=1S/C21H14FN5O4S2/c22-11-5-7-16-18(9-11)32-21(25-16)26-19(28)13-3-1-2-4-14(13)27-33(30,31)12-6-8-15-17(10-12)24-20(29)23-15/h1-10,27H,(H2,23,24,29)(H,25,26,28). The van der Waals surface area contributed by atoms with Gasteiger partial charge in [0.1, 0.15) is 5.82 Å². The van der Waals surface area contributed by atoms with Crippen molar-refractivity contribution in [3.05, 3.63) is 82.5 Å². The van der Waals surface area contributed by atoms with Crippen LogP contribution in [0.25, 0.3) is 21.3 Å². The molecule has 3 aromatic carbocycles. The van der Waals surface area contributed by atoms with Gasteiger partial charge < -0.3 is 9.97 Å². The molecule has 0 aliphatic rings. The molecule has 0 aliphatic heterocycles. The summed E-state index contributed by atoms with van der Waals surface area (Å²) in [6.07, 6.45) is 0. The lowest BCUT2D eigenvalue weighted by atomic mass is 10.2. The number of aromatic amines is 2. The maximum Gasteiger partial charge on any atom is 0.323 e. The van der Waals surface area contributed by atoms with E-state index in [2.05, 4.69) is 25.0 Å². The molecule has 5 aromatic rings. The van der Waals surface area contributed by atoms with Gasteiger partial charge in [-0.2, -0.15) is 0 Å². The van der Waals surface area contributed by atoms with Gasteiger partial charge in [0.2, 0.25) is 0 Å². The second kappa shape index (κ2) is 7.83. The van der Waals surface area contributed by atoms with Crippen LogP contribution in [-0.4, -0.2) is 29.3 Å². The van der Waals surface area contributed by atoms with Crippen LogP contribution in [0, 0.1) is 5.82 Å². The number of imidazole rings is 1. The van der Waals surface area contributed by atoms with Gasteiger partial charge in [0.15, 0.2) is 5.13 Å². The second-order valence-corrected chi connectivity index (χ2v) is 9.74. The van der Waals surface area contributed by atoms with Crippen LogP contribution < -0.4 is 15.7 Å². The lowest BCUT2D eigenvalue weighted by molar-refractivity contribution is 0.102. The first-order valence-electron chi connectivity index (χ1n) is 9.50. The molecule has 0 radical (unpaired) electrons. The molecular weight excluding hydrogens is 469 g/mol. The first kappa shape index (κ1) is 20.8. The summed E-state index contributed by atoms with van der Waals surface area (Å²) >= 11 is 1.10. The summed E-state index contributed by atoms with van der Waals surface area (Å²) in [5.74, 6) is -0.996. The fourth-order valence-electron chi connectivity index (χ4n) is 3.27. The zero-order valence-electron chi connectivity index (χ0n) is 16.5. The van der Waals surface area contributed by atoms with Crippen molar-refractivity contribution in [3.8, 4) is 0 Å². The highest BCUT2D eigenvalue weighted by Crippen LogP contribution is 2.28. The maximum absolute atomic E-state index is 13.4. The van der Waals surface area contributed by atoms with Gasteiger partial charge in [0.25, 0.3) is 15.9 Å². The zero-order valence-corrected chi connectivity index (χ0v) is 18.2. The molecule has 166 valence electrons. The summed E-state index contributed by atoms with van der Waals surface area (Å²) in [4.78, 5) is 33.5. The third kappa shape index (κ3) is 4.08. The van der Waals surface area contributed by atoms with Crippen LogP contribution in [0.1, 0.15) is 10.4 Å². The van der Waals surface area contributed by atoms with E-state index in [4.69, 9.17) is 0 Å². The zero-order chi connectivity index (χ0) is 23.2. The van der Waals surface area contributed by atoms with Crippen molar-refractivity contribution in [1.29, 1.82) is 0 Å². The SMILES string of the molecule is O=C(Nc1nc2ccc(F)cc2s1)c1ccccc1NS(=O)(=O)c1ccc2[nH]c(=O)[nH]c2c1. The Morgan fingerprint density at radius 3 is 2.64 bits per heavy atom. The van der Waals surface area contributed by atoms with E-state index < -0.39 is 27.4 Å². The number of carbonyl (C=O) groups is 1. The van der Waals surface area contributed by atoms with Gasteiger partial charge in [0, 0.05) is 0 Å². The highest BCUT2D eigenvalue weighted by atomic mass is 32.2. The van der Waals surface area contributed by atoms with Gasteiger partial charge in [-0.05, 0) is 48.5 Å². The van der Waals surface area contributed by atoms with E-state index in [0.29, 0.717) is 21.3 Å². The molecule has 2 aromatic heterocycles. The van der Waals surface area contributed by atoms with Crippen molar-refractivity contribution in [1.82, 2.24) is 15.0 Å². The van der Waals surface area contributed by atoms with Crippen molar-refractivity contribution >= 4 is 59.3 Å². The summed E-state index contributed by atoms with van der Waals surface area (Å²) in [5.41, 5.74) is 1.01. The molecule has 9 nitrogen and oxygen atoms in total. The average molecular weight is 484 g/mol. The van der Waals surface area contributed by atoms with Crippen molar-refractivity contribution in [2.24, 2.45) is 0 Å². The highest BCUT2D eigenvalue weighted by Gasteiger charge is 2.20. The number of thiazole rings is 1. The van der Waals surface area contributed by atoms with Gasteiger partial charge in [-0.15, -0.1) is 0 Å². The molecule has 1 amide bonds. The number of hydrogen-bond donors (Lipinski definition) is 4. The van der Waals surface area contributed by atoms with E-state index >= 15 is 0 Å². The molecule has 0 aliphatic carbocycles. The summed E-state index contributed by atoms with van der Waals surface area (Å²) in [7, 11) is -4.07. The third-order valence-electron chi connectivity index (χ3n) is 4.78. The minimum absolute atomic E-state index is 0.0600. The van der Waals surface area contributed by atoms with Crippen molar-refractivity contribution in [2.45, 2.75) is 4.90 Å². The molecule has 12 heteroatoms. The third-order valence-corrected chi connectivity index (χ3v) is 7.08. The molecule has 0 saturated heterocycles. The Balaban J connectivity index is 1.43. The van der Waals surface area contributed by atoms with E-state index in [9.17, 15) is 22.4 Å². The number of nitrogens with one attached hydrogen (secondary N) is 4. The Kier molecular flexibility index (Phi) is 4.95. The molecule has 0 saturated carbocycles. The van der Waals surface area contributed by atoms with E-state index in [1.165, 1.54) is 48.5 Å². The number of benzene rings is 3. The van der Waals surface area contributed by atoms with Crippen LogP contribution in [0.15, 0.2) is 70.4 Å². The normalized spacial score (nSPS) is 11.7. The van der Waals surface area contributed by atoms with Gasteiger partial charge in [-0.3, -0.25) is 14.8 Å². The number of amides is 1. The van der Waals surface area contributed by atoms with Gasteiger partial charge in [0.05, 0.1) is 37.4 Å². The van der Waals surface area contributed by atoms with Crippen LogP contribution >= 0.6 is 11.3 Å². The average Bonchev–Trinajstić information content (AvgIpc) is 3.34. The van der Waals surface area contributed by atoms with Crippen molar-refractivity contribution in [2.75, 3.05) is 10.0 Å². The molecule has 0 unspecified atom stereocenters. The Hall–Kier alpha value is -4.03. The monoisotopic (exact) mass is 483 g/mol. The van der Waals surface area contributed by atoms with Gasteiger partial charge in [-0.25, -0.2) is 22.6 Å². The quantitative estimate of drug-likeness (QED) is 0.302. The number of aromatic nitrogens is 3. The van der Waals surface area contributed by atoms with E-state index in [0.717, 1.165) is 11.3 Å². The van der Waals surface area contributed by atoms with E-state index in [1.54, 1.807) is 12.1 Å². The number of sulfonamides is 1. The van der Waals surface area contributed by atoms with Crippen molar-refractivity contribution < 1.29 is 17.6 Å². The smallest absolute Gasteiger partial charge is 0.306 e. The largest absolute Gasteiger partial charge is 0.323 e. The minimum Gasteiger partial charge on any atom is -0.306 e. The number of rotatable bonds is 5. The summed E-state index contributed by atoms with van der Waals surface area (Å²) < 4.78 is 42.3. The molecule has 0 bridgehead atoms. The topological polar surface area (TPSA) is 137 Å². The molecule has 0 fully saturated rings. The van der Waals surface area contributed by atoms with Crippen LogP contribution in [-0.2, 0) is 10.0 Å². The Morgan fingerprint density at radius 1 is 1.00 bits per heavy atom. The van der Waals surface area contributed by atoms with Gasteiger partial charge in [-0.1, -0.05) is 23.5 Å². The van der Waals surface area contributed by atoms with E-state index in [1.807, 2.05) is 0 Å². The number of nitrogens with zero attached hydrogens (tertiary/aromatic N) is 1. The number of para-hydroxylation sites is 1. The maximum atomic E-state index is 13.4. The summed E-state index contributed by atoms with van der Waals surface area (Å²) in [6, 6.07) is 14.3. The Labute approximate surface area is 189 Å². The Morgan fingerprint density at radius 2 is 1.79 bits per heavy atom. The Bertz CT molecular complexity index is 1700. The van der Waals surface area contributed by atoms with Crippen LogP contribution in [0.4, 0.5) is 15.2 Å². The highest BCUT2D eigenvalue weighted by molar-refractivity contribution is 7.92. The lowest BCUT2D eigenvalue weighted by Gasteiger charge is -2.12.